The number of amides is 1. The van der Waals surface area contributed by atoms with Crippen LogP contribution in [0.15, 0.2) is 36.9 Å². The van der Waals surface area contributed by atoms with Crippen LogP contribution in [0, 0.1) is 0 Å². The Hall–Kier alpha value is -1.88. The van der Waals surface area contributed by atoms with Gasteiger partial charge < -0.3 is 16.0 Å². The first-order chi connectivity index (χ1) is 9.02. The van der Waals surface area contributed by atoms with E-state index in [1.54, 1.807) is 18.2 Å². The van der Waals surface area contributed by atoms with Crippen molar-refractivity contribution in [3.8, 4) is 0 Å². The lowest BCUT2D eigenvalue weighted by molar-refractivity contribution is 0.0943. The highest BCUT2D eigenvalue weighted by Gasteiger charge is 2.07. The van der Waals surface area contributed by atoms with Crippen LogP contribution in [0.2, 0.25) is 0 Å². The largest absolute Gasteiger partial charge is 0.359 e. The first-order valence-corrected chi connectivity index (χ1v) is 6.50. The van der Waals surface area contributed by atoms with Crippen molar-refractivity contribution in [3.05, 3.63) is 42.5 Å². The van der Waals surface area contributed by atoms with Gasteiger partial charge in [0, 0.05) is 23.8 Å². The monoisotopic (exact) mass is 277 g/mol. The molecule has 0 bridgehead atoms. The van der Waals surface area contributed by atoms with Crippen molar-refractivity contribution in [1.82, 2.24) is 10.6 Å². The minimum Gasteiger partial charge on any atom is -0.359 e. The van der Waals surface area contributed by atoms with Crippen molar-refractivity contribution in [2.75, 3.05) is 11.9 Å². The van der Waals surface area contributed by atoms with E-state index >= 15 is 0 Å². The molecule has 0 fully saturated rings. The SMILES string of the molecule is C=CCNC(=S)Nc1cccc(C(=O)NC(C)C)c1. The number of rotatable bonds is 5. The summed E-state index contributed by atoms with van der Waals surface area (Å²) in [6.07, 6.45) is 1.72. The molecule has 102 valence electrons. The summed E-state index contributed by atoms with van der Waals surface area (Å²) >= 11 is 5.11. The third kappa shape index (κ3) is 5.52. The maximum atomic E-state index is 11.9. The zero-order chi connectivity index (χ0) is 14.3. The van der Waals surface area contributed by atoms with E-state index < -0.39 is 0 Å². The quantitative estimate of drug-likeness (QED) is 0.571. The number of hydrogen-bond donors (Lipinski definition) is 3. The number of benzene rings is 1. The molecule has 0 spiro atoms. The second kappa shape index (κ2) is 7.53. The van der Waals surface area contributed by atoms with Crippen LogP contribution in [0.1, 0.15) is 24.2 Å². The van der Waals surface area contributed by atoms with Crippen molar-refractivity contribution in [2.24, 2.45) is 0 Å². The van der Waals surface area contributed by atoms with E-state index in [2.05, 4.69) is 22.5 Å². The molecule has 0 aliphatic rings. The molecule has 1 amide bonds. The van der Waals surface area contributed by atoms with Gasteiger partial charge in [-0.25, -0.2) is 0 Å². The van der Waals surface area contributed by atoms with Crippen molar-refractivity contribution in [3.63, 3.8) is 0 Å². The van der Waals surface area contributed by atoms with E-state index in [4.69, 9.17) is 12.2 Å². The number of carbonyl (C=O) groups excluding carboxylic acids is 1. The second-order valence-corrected chi connectivity index (χ2v) is 4.74. The van der Waals surface area contributed by atoms with Crippen LogP contribution in [0.5, 0.6) is 0 Å². The van der Waals surface area contributed by atoms with Gasteiger partial charge in [-0.05, 0) is 44.3 Å². The molecule has 0 heterocycles. The van der Waals surface area contributed by atoms with Crippen molar-refractivity contribution in [1.29, 1.82) is 0 Å². The molecule has 0 unspecified atom stereocenters. The Morgan fingerprint density at radius 2 is 2.21 bits per heavy atom. The van der Waals surface area contributed by atoms with Gasteiger partial charge in [0.15, 0.2) is 5.11 Å². The summed E-state index contributed by atoms with van der Waals surface area (Å²) in [5.74, 6) is -0.0939. The molecule has 1 rings (SSSR count). The van der Waals surface area contributed by atoms with Crippen LogP contribution in [0.4, 0.5) is 5.69 Å². The number of carbonyl (C=O) groups is 1. The van der Waals surface area contributed by atoms with Gasteiger partial charge in [-0.15, -0.1) is 6.58 Å². The second-order valence-electron chi connectivity index (χ2n) is 4.33. The van der Waals surface area contributed by atoms with Crippen LogP contribution in [0.3, 0.4) is 0 Å². The predicted octanol–water partition coefficient (Wildman–Crippen LogP) is 2.30. The lowest BCUT2D eigenvalue weighted by atomic mass is 10.2. The van der Waals surface area contributed by atoms with Gasteiger partial charge in [0.25, 0.3) is 5.91 Å². The molecule has 0 saturated carbocycles. The van der Waals surface area contributed by atoms with E-state index in [1.807, 2.05) is 26.0 Å². The number of anilines is 1. The highest BCUT2D eigenvalue weighted by molar-refractivity contribution is 7.80. The Kier molecular flexibility index (Phi) is 6.02. The van der Waals surface area contributed by atoms with Crippen LogP contribution >= 0.6 is 12.2 Å². The third-order valence-electron chi connectivity index (χ3n) is 2.21. The van der Waals surface area contributed by atoms with E-state index in [0.717, 1.165) is 5.69 Å². The van der Waals surface area contributed by atoms with Crippen molar-refractivity contribution >= 4 is 28.9 Å². The molecule has 4 nitrogen and oxygen atoms in total. The highest BCUT2D eigenvalue weighted by atomic mass is 32.1. The number of hydrogen-bond acceptors (Lipinski definition) is 2. The standard InChI is InChI=1S/C14H19N3OS/c1-4-8-15-14(19)17-12-7-5-6-11(9-12)13(18)16-10(2)3/h4-7,9-10H,1,8H2,2-3H3,(H,16,18)(H2,15,17,19). The van der Waals surface area contributed by atoms with Crippen LogP contribution in [-0.2, 0) is 0 Å². The molecular weight excluding hydrogens is 258 g/mol. The maximum absolute atomic E-state index is 11.9. The van der Waals surface area contributed by atoms with Gasteiger partial charge >= 0.3 is 0 Å². The predicted molar refractivity (Wildman–Crippen MR) is 83.5 cm³/mol. The normalized spacial score (nSPS) is 9.84. The van der Waals surface area contributed by atoms with Gasteiger partial charge in [0.2, 0.25) is 0 Å². The van der Waals surface area contributed by atoms with Crippen LogP contribution in [-0.4, -0.2) is 23.6 Å². The van der Waals surface area contributed by atoms with Gasteiger partial charge in [-0.1, -0.05) is 12.1 Å². The van der Waals surface area contributed by atoms with Crippen molar-refractivity contribution < 1.29 is 4.79 Å². The van der Waals surface area contributed by atoms with Gasteiger partial charge in [-0.3, -0.25) is 4.79 Å². The molecule has 5 heteroatoms. The Bertz CT molecular complexity index is 472. The molecule has 0 aliphatic carbocycles. The van der Waals surface area contributed by atoms with E-state index in [-0.39, 0.29) is 11.9 Å². The summed E-state index contributed by atoms with van der Waals surface area (Å²) in [4.78, 5) is 11.9. The Balaban J connectivity index is 2.69. The molecule has 0 radical (unpaired) electrons. The average molecular weight is 277 g/mol. The molecule has 0 aliphatic heterocycles. The summed E-state index contributed by atoms with van der Waals surface area (Å²) in [6, 6.07) is 7.31. The summed E-state index contributed by atoms with van der Waals surface area (Å²) < 4.78 is 0. The summed E-state index contributed by atoms with van der Waals surface area (Å²) in [5, 5.41) is 9.33. The third-order valence-corrected chi connectivity index (χ3v) is 2.46. The van der Waals surface area contributed by atoms with Crippen LogP contribution in [0.25, 0.3) is 0 Å². The summed E-state index contributed by atoms with van der Waals surface area (Å²) in [5.41, 5.74) is 1.38. The number of thiocarbonyl (C=S) groups is 1. The van der Waals surface area contributed by atoms with Crippen molar-refractivity contribution in [2.45, 2.75) is 19.9 Å². The Labute approximate surface area is 119 Å². The van der Waals surface area contributed by atoms with Gasteiger partial charge in [-0.2, -0.15) is 0 Å². The smallest absolute Gasteiger partial charge is 0.251 e. The van der Waals surface area contributed by atoms with Gasteiger partial charge in [0.05, 0.1) is 0 Å². The van der Waals surface area contributed by atoms with E-state index in [0.29, 0.717) is 17.2 Å². The minimum atomic E-state index is -0.0939. The summed E-state index contributed by atoms with van der Waals surface area (Å²) in [6.45, 7) is 8.05. The topological polar surface area (TPSA) is 53.2 Å². The zero-order valence-electron chi connectivity index (χ0n) is 11.2. The lowest BCUT2D eigenvalue weighted by Gasteiger charge is -2.11. The number of nitrogens with one attached hydrogen (secondary N) is 3. The molecule has 0 atom stereocenters. The van der Waals surface area contributed by atoms with E-state index in [9.17, 15) is 4.79 Å². The Morgan fingerprint density at radius 1 is 1.47 bits per heavy atom. The fourth-order valence-corrected chi connectivity index (χ4v) is 1.63. The molecule has 0 saturated heterocycles. The average Bonchev–Trinajstić information content (AvgIpc) is 2.36. The Morgan fingerprint density at radius 3 is 2.84 bits per heavy atom. The highest BCUT2D eigenvalue weighted by Crippen LogP contribution is 2.10. The molecule has 3 N–H and O–H groups in total. The first kappa shape index (κ1) is 15.2. The maximum Gasteiger partial charge on any atom is 0.251 e. The molecule has 1 aromatic rings. The first-order valence-electron chi connectivity index (χ1n) is 6.09. The lowest BCUT2D eigenvalue weighted by Crippen LogP contribution is -2.30. The van der Waals surface area contributed by atoms with Gasteiger partial charge in [0.1, 0.15) is 0 Å². The molecular formula is C14H19N3OS. The van der Waals surface area contributed by atoms with E-state index in [1.165, 1.54) is 0 Å². The summed E-state index contributed by atoms with van der Waals surface area (Å²) in [7, 11) is 0. The molecule has 1 aromatic carbocycles. The fraction of sp³-hybridized carbons (Fsp3) is 0.286. The molecule has 0 aromatic heterocycles. The minimum absolute atomic E-state index is 0.0939. The fourth-order valence-electron chi connectivity index (χ4n) is 1.42. The zero-order valence-corrected chi connectivity index (χ0v) is 12.0. The van der Waals surface area contributed by atoms with Crippen LogP contribution < -0.4 is 16.0 Å². The molecule has 19 heavy (non-hydrogen) atoms.